The molecule has 194 valence electrons. The van der Waals surface area contributed by atoms with Crippen LogP contribution in [0.1, 0.15) is 42.7 Å². The first-order valence-electron chi connectivity index (χ1n) is 12.3. The Labute approximate surface area is 226 Å². The fraction of sp³-hybridized carbons (Fsp3) is 0.233. The molecule has 8 heteroatoms. The summed E-state index contributed by atoms with van der Waals surface area (Å²) in [5.74, 6) is -0.887. The molecule has 2 fully saturated rings. The highest BCUT2D eigenvalue weighted by Crippen LogP contribution is 2.45. The Kier molecular flexibility index (Phi) is 7.31. The lowest BCUT2D eigenvalue weighted by atomic mass is 9.74. The number of piperidine rings is 1. The van der Waals surface area contributed by atoms with Crippen molar-refractivity contribution in [3.05, 3.63) is 119 Å². The maximum atomic E-state index is 14.0. The molecule has 0 aliphatic carbocycles. The van der Waals surface area contributed by atoms with Crippen LogP contribution in [0.2, 0.25) is 0 Å². The lowest BCUT2D eigenvalue weighted by molar-refractivity contribution is -0.345. The van der Waals surface area contributed by atoms with E-state index in [-0.39, 0.29) is 17.2 Å². The molecule has 0 radical (unpaired) electrons. The molecule has 3 aromatic rings. The summed E-state index contributed by atoms with van der Waals surface area (Å²) in [6.45, 7) is 5.21. The van der Waals surface area contributed by atoms with Crippen molar-refractivity contribution < 1.29 is 24.1 Å². The molecule has 1 amide bonds. The van der Waals surface area contributed by atoms with Crippen LogP contribution in [0.5, 0.6) is 0 Å². The number of hydrogen-bond acceptors (Lipinski definition) is 6. The number of hydrogen-bond donors (Lipinski definition) is 0. The Morgan fingerprint density at radius 1 is 1.08 bits per heavy atom. The van der Waals surface area contributed by atoms with Gasteiger partial charge in [-0.3, -0.25) is 9.78 Å². The van der Waals surface area contributed by atoms with Gasteiger partial charge in [-0.2, -0.15) is 4.89 Å². The highest BCUT2D eigenvalue weighted by atomic mass is 35.5. The fourth-order valence-electron chi connectivity index (χ4n) is 5.10. The van der Waals surface area contributed by atoms with Crippen molar-refractivity contribution in [2.75, 3.05) is 0 Å². The minimum atomic E-state index is -1.23. The third-order valence-corrected chi connectivity index (χ3v) is 6.99. The quantitative estimate of drug-likeness (QED) is 0.0943. The van der Waals surface area contributed by atoms with E-state index in [1.807, 2.05) is 78.9 Å². The fourth-order valence-corrected chi connectivity index (χ4v) is 5.13. The summed E-state index contributed by atoms with van der Waals surface area (Å²) < 4.78 is 6.16. The van der Waals surface area contributed by atoms with E-state index < -0.39 is 23.7 Å². The summed E-state index contributed by atoms with van der Waals surface area (Å²) in [6, 6.07) is 23.0. The number of ether oxygens (including phenoxy) is 1. The normalized spacial score (nSPS) is 23.5. The van der Waals surface area contributed by atoms with Crippen molar-refractivity contribution in [2.24, 2.45) is 0 Å². The number of β-lactam (4-membered cyclic amide) rings is 1. The number of halogens is 1. The number of esters is 1. The average molecular weight is 531 g/mol. The van der Waals surface area contributed by atoms with E-state index in [0.717, 1.165) is 11.1 Å². The van der Waals surface area contributed by atoms with E-state index >= 15 is 0 Å². The van der Waals surface area contributed by atoms with Crippen LogP contribution in [0.15, 0.2) is 102 Å². The second-order valence-electron chi connectivity index (χ2n) is 9.50. The number of carbonyl (C=O) groups is 2. The molecule has 0 N–H and O–H groups in total. The minimum Gasteiger partial charge on any atom is -0.451 e. The zero-order valence-electron chi connectivity index (χ0n) is 20.8. The van der Waals surface area contributed by atoms with Gasteiger partial charge in [-0.1, -0.05) is 66.7 Å². The Bertz CT molecular complexity index is 1310. The van der Waals surface area contributed by atoms with E-state index in [4.69, 9.17) is 26.1 Å². The van der Waals surface area contributed by atoms with Crippen LogP contribution in [0.4, 0.5) is 0 Å². The van der Waals surface area contributed by atoms with E-state index in [2.05, 4.69) is 11.6 Å². The van der Waals surface area contributed by atoms with E-state index in [9.17, 15) is 9.59 Å². The molecule has 0 saturated carbocycles. The van der Waals surface area contributed by atoms with Gasteiger partial charge in [0.25, 0.3) is 5.91 Å². The lowest BCUT2D eigenvalue weighted by Gasteiger charge is -2.55. The Morgan fingerprint density at radius 2 is 1.71 bits per heavy atom. The molecule has 3 atom stereocenters. The van der Waals surface area contributed by atoms with E-state index in [0.29, 0.717) is 24.1 Å². The van der Waals surface area contributed by atoms with Crippen LogP contribution in [-0.2, 0) is 24.1 Å². The van der Waals surface area contributed by atoms with Crippen molar-refractivity contribution in [3.8, 4) is 0 Å². The number of benzene rings is 2. The van der Waals surface area contributed by atoms with Gasteiger partial charge in [0.05, 0.1) is 11.7 Å². The zero-order chi connectivity index (χ0) is 26.7. The maximum absolute atomic E-state index is 14.0. The van der Waals surface area contributed by atoms with Crippen molar-refractivity contribution >= 4 is 29.6 Å². The smallest absolute Gasteiger partial charge is 0.333 e. The number of aromatic nitrogens is 1. The van der Waals surface area contributed by atoms with Gasteiger partial charge in [-0.05, 0) is 67.3 Å². The zero-order valence-corrected chi connectivity index (χ0v) is 21.6. The Balaban J connectivity index is 1.48. The monoisotopic (exact) mass is 530 g/mol. The summed E-state index contributed by atoms with van der Waals surface area (Å²) in [4.78, 5) is 44.0. The third-order valence-electron chi connectivity index (χ3n) is 6.92. The van der Waals surface area contributed by atoms with Gasteiger partial charge in [0, 0.05) is 11.8 Å². The summed E-state index contributed by atoms with van der Waals surface area (Å²) in [6.07, 6.45) is 3.72. The van der Waals surface area contributed by atoms with E-state index in [1.54, 1.807) is 19.2 Å². The number of pyridine rings is 1. The molecule has 38 heavy (non-hydrogen) atoms. The van der Waals surface area contributed by atoms with Crippen molar-refractivity contribution in [1.29, 1.82) is 0 Å². The van der Waals surface area contributed by atoms with Crippen LogP contribution in [-0.4, -0.2) is 39.4 Å². The molecule has 2 aliphatic heterocycles. The topological polar surface area (TPSA) is 78.0 Å². The average Bonchev–Trinajstić information content (AvgIpc) is 2.95. The van der Waals surface area contributed by atoms with Crippen LogP contribution >= 0.6 is 11.6 Å². The highest BCUT2D eigenvalue weighted by Gasteiger charge is 2.60. The van der Waals surface area contributed by atoms with Gasteiger partial charge < -0.3 is 14.5 Å². The third kappa shape index (κ3) is 5.08. The molecular weight excluding hydrogens is 504 g/mol. The van der Waals surface area contributed by atoms with Crippen LogP contribution < -0.4 is 0 Å². The summed E-state index contributed by atoms with van der Waals surface area (Å²) >= 11 is 5.80. The number of nitrogens with zero attached hydrogens (tertiary/aromatic N) is 2. The second-order valence-corrected chi connectivity index (χ2v) is 9.92. The first-order valence-corrected chi connectivity index (χ1v) is 12.7. The van der Waals surface area contributed by atoms with Crippen LogP contribution in [0.25, 0.3) is 6.08 Å². The number of rotatable bonds is 8. The molecule has 5 rings (SSSR count). The molecule has 3 heterocycles. The summed E-state index contributed by atoms with van der Waals surface area (Å²) in [5, 5.41) is -0.183. The van der Waals surface area contributed by atoms with Crippen LogP contribution in [0.3, 0.4) is 0 Å². The molecular formula is C30H27ClN2O5. The molecule has 2 aromatic carbocycles. The highest BCUT2D eigenvalue weighted by molar-refractivity contribution is 6.27. The first-order chi connectivity index (χ1) is 18.4. The first kappa shape index (κ1) is 25.7. The standard InChI is InChI=1S/C30H27ClN2O5/c1-20(31)37-38-30(2)17-16-25-24(19-23-15-9-10-18-32-23)28(34)33(25)27(30)29(35)36-26(21-11-5-3-6-12-21)22-13-7-4-8-14-22/h3-15,18-19,25-27H,1,16-17H2,2H3/b24-19+/t25?,27-,30?/m0/s1. The van der Waals surface area contributed by atoms with Gasteiger partial charge >= 0.3 is 5.97 Å². The van der Waals surface area contributed by atoms with Gasteiger partial charge in [0.15, 0.2) is 12.1 Å². The van der Waals surface area contributed by atoms with Gasteiger partial charge in [0.2, 0.25) is 5.22 Å². The van der Waals surface area contributed by atoms with Crippen molar-refractivity contribution in [3.63, 3.8) is 0 Å². The number of carbonyl (C=O) groups excluding carboxylic acids is 2. The number of amides is 1. The molecule has 2 aliphatic rings. The Hall–Kier alpha value is -3.94. The van der Waals surface area contributed by atoms with Gasteiger partial charge in [-0.15, -0.1) is 0 Å². The van der Waals surface area contributed by atoms with Crippen molar-refractivity contribution in [2.45, 2.75) is 43.6 Å². The minimum absolute atomic E-state index is 0.183. The second kappa shape index (κ2) is 10.8. The largest absolute Gasteiger partial charge is 0.451 e. The maximum Gasteiger partial charge on any atom is 0.333 e. The predicted octanol–water partition coefficient (Wildman–Crippen LogP) is 5.59. The van der Waals surface area contributed by atoms with E-state index in [1.165, 1.54) is 4.90 Å². The molecule has 0 spiro atoms. The van der Waals surface area contributed by atoms with Crippen LogP contribution in [0, 0.1) is 0 Å². The Morgan fingerprint density at radius 3 is 2.29 bits per heavy atom. The van der Waals surface area contributed by atoms with Gasteiger partial charge in [0.1, 0.15) is 5.60 Å². The summed E-state index contributed by atoms with van der Waals surface area (Å²) in [5.41, 5.74) is 1.65. The predicted molar refractivity (Wildman–Crippen MR) is 142 cm³/mol. The molecule has 0 bridgehead atoms. The molecule has 7 nitrogen and oxygen atoms in total. The molecule has 1 aromatic heterocycles. The summed E-state index contributed by atoms with van der Waals surface area (Å²) in [7, 11) is 0. The molecule has 2 unspecified atom stereocenters. The SMILES string of the molecule is C=C(Cl)OOC1(C)CCC2/C(=C\c3ccccn3)C(=O)N2[C@H]1C(=O)OC(c1ccccc1)c1ccccc1. The van der Waals surface area contributed by atoms with Crippen molar-refractivity contribution in [1.82, 2.24) is 9.88 Å². The lowest BCUT2D eigenvalue weighted by Crippen LogP contribution is -2.71. The van der Waals surface area contributed by atoms with Gasteiger partial charge in [-0.25, -0.2) is 4.79 Å². The number of fused-ring (bicyclic) bond motifs is 1. The molecule has 2 saturated heterocycles.